The highest BCUT2D eigenvalue weighted by atomic mass is 32.2. The second-order valence-electron chi connectivity index (χ2n) is 4.31. The van der Waals surface area contributed by atoms with Gasteiger partial charge >= 0.3 is 0 Å². The molecule has 2 rings (SSSR count). The number of hydrogen-bond donors (Lipinski definition) is 0. The van der Waals surface area contributed by atoms with Gasteiger partial charge in [-0.15, -0.1) is 11.3 Å². The summed E-state index contributed by atoms with van der Waals surface area (Å²) >= 11 is 1.27. The van der Waals surface area contributed by atoms with Gasteiger partial charge in [-0.2, -0.15) is 0 Å². The highest BCUT2D eigenvalue weighted by molar-refractivity contribution is 7.94. The van der Waals surface area contributed by atoms with Crippen molar-refractivity contribution in [3.63, 3.8) is 0 Å². The summed E-state index contributed by atoms with van der Waals surface area (Å²) in [5.41, 5.74) is 1.39. The largest absolute Gasteiger partial charge is 0.479 e. The van der Waals surface area contributed by atoms with E-state index in [0.717, 1.165) is 10.4 Å². The van der Waals surface area contributed by atoms with Crippen LogP contribution in [0.1, 0.15) is 10.4 Å². The Labute approximate surface area is 122 Å². The van der Waals surface area contributed by atoms with E-state index in [9.17, 15) is 8.42 Å². The zero-order valence-electron chi connectivity index (χ0n) is 11.7. The number of anilines is 1. The van der Waals surface area contributed by atoms with Crippen molar-refractivity contribution < 1.29 is 13.2 Å². The number of methoxy groups -OCH3 is 1. The summed E-state index contributed by atoms with van der Waals surface area (Å²) < 4.78 is 31.9. The fourth-order valence-electron chi connectivity index (χ4n) is 1.71. The zero-order chi connectivity index (χ0) is 14.9. The summed E-state index contributed by atoms with van der Waals surface area (Å²) in [6.07, 6.45) is 1.56. The molecular formula is C13H16N2O3S2. The Kier molecular flexibility index (Phi) is 4.01. The fraction of sp³-hybridized carbons (Fsp3) is 0.308. The van der Waals surface area contributed by atoms with Gasteiger partial charge in [-0.3, -0.25) is 4.31 Å². The molecule has 0 saturated heterocycles. The molecule has 2 heterocycles. The van der Waals surface area contributed by atoms with Crippen LogP contribution in [0.2, 0.25) is 0 Å². The third-order valence-corrected chi connectivity index (χ3v) is 6.41. The van der Waals surface area contributed by atoms with Crippen molar-refractivity contribution in [2.45, 2.75) is 18.1 Å². The molecule has 0 aromatic carbocycles. The van der Waals surface area contributed by atoms with Crippen LogP contribution in [-0.2, 0) is 10.0 Å². The molecule has 0 aliphatic rings. The van der Waals surface area contributed by atoms with E-state index in [1.807, 2.05) is 13.8 Å². The molecule has 0 saturated carbocycles. The molecule has 0 amide bonds. The normalized spacial score (nSPS) is 11.4. The number of aromatic nitrogens is 1. The predicted molar refractivity (Wildman–Crippen MR) is 80.2 cm³/mol. The minimum absolute atomic E-state index is 0.281. The van der Waals surface area contributed by atoms with E-state index >= 15 is 0 Å². The molecule has 0 aliphatic carbocycles. The lowest BCUT2D eigenvalue weighted by Crippen LogP contribution is -2.26. The number of aryl methyl sites for hydroxylation is 2. The molecule has 108 valence electrons. The molecule has 0 spiro atoms. The second kappa shape index (κ2) is 5.41. The van der Waals surface area contributed by atoms with Gasteiger partial charge in [-0.1, -0.05) is 0 Å². The Bertz CT molecular complexity index is 703. The molecule has 2 aromatic rings. The third kappa shape index (κ3) is 2.51. The van der Waals surface area contributed by atoms with Crippen LogP contribution in [0.3, 0.4) is 0 Å². The Hall–Kier alpha value is -1.60. The van der Waals surface area contributed by atoms with E-state index in [-0.39, 0.29) is 5.88 Å². The Morgan fingerprint density at radius 3 is 2.60 bits per heavy atom. The molecular weight excluding hydrogens is 296 g/mol. The summed E-state index contributed by atoms with van der Waals surface area (Å²) in [6, 6.07) is 5.03. The zero-order valence-corrected chi connectivity index (χ0v) is 13.4. The van der Waals surface area contributed by atoms with Crippen molar-refractivity contribution in [2.24, 2.45) is 0 Å². The number of pyridine rings is 1. The van der Waals surface area contributed by atoms with Crippen LogP contribution in [0.15, 0.2) is 28.6 Å². The molecule has 0 atom stereocenters. The number of thiophene rings is 1. The summed E-state index contributed by atoms with van der Waals surface area (Å²) in [5, 5.41) is 0. The summed E-state index contributed by atoms with van der Waals surface area (Å²) in [6.45, 7) is 3.80. The predicted octanol–water partition coefficient (Wildman–Crippen LogP) is 2.59. The Morgan fingerprint density at radius 1 is 1.35 bits per heavy atom. The molecule has 0 bridgehead atoms. The summed E-state index contributed by atoms with van der Waals surface area (Å²) in [4.78, 5) is 5.02. The number of rotatable bonds is 4. The van der Waals surface area contributed by atoms with Crippen molar-refractivity contribution in [2.75, 3.05) is 18.5 Å². The molecule has 5 nitrogen and oxygen atoms in total. The standard InChI is InChI=1S/C13H16N2O3S2/c1-9-8-12(19-10(9)2)20(16,17)15(3)11-6-5-7-14-13(11)18-4/h5-8H,1-4H3. The molecule has 0 aliphatic heterocycles. The van der Waals surface area contributed by atoms with E-state index in [2.05, 4.69) is 4.98 Å². The van der Waals surface area contributed by atoms with Gasteiger partial charge in [0.15, 0.2) is 0 Å². The van der Waals surface area contributed by atoms with Crippen molar-refractivity contribution in [1.82, 2.24) is 4.98 Å². The quantitative estimate of drug-likeness (QED) is 0.870. The third-order valence-electron chi connectivity index (χ3n) is 3.04. The molecule has 0 fully saturated rings. The monoisotopic (exact) mass is 312 g/mol. The van der Waals surface area contributed by atoms with Gasteiger partial charge < -0.3 is 4.74 Å². The minimum atomic E-state index is -3.59. The fourth-order valence-corrected chi connectivity index (χ4v) is 4.59. The van der Waals surface area contributed by atoms with Gasteiger partial charge in [0.1, 0.15) is 9.90 Å². The highest BCUT2D eigenvalue weighted by Crippen LogP contribution is 2.32. The lowest BCUT2D eigenvalue weighted by molar-refractivity contribution is 0.399. The van der Waals surface area contributed by atoms with Gasteiger partial charge in [0, 0.05) is 18.1 Å². The first kappa shape index (κ1) is 14.8. The van der Waals surface area contributed by atoms with Gasteiger partial charge in [0.25, 0.3) is 10.0 Å². The van der Waals surface area contributed by atoms with E-state index < -0.39 is 10.0 Å². The van der Waals surface area contributed by atoms with Gasteiger partial charge in [-0.05, 0) is 37.6 Å². The van der Waals surface area contributed by atoms with Crippen molar-refractivity contribution in [3.05, 3.63) is 34.8 Å². The van der Waals surface area contributed by atoms with Crippen molar-refractivity contribution in [3.8, 4) is 5.88 Å². The second-order valence-corrected chi connectivity index (χ2v) is 7.76. The maximum Gasteiger partial charge on any atom is 0.273 e. The lowest BCUT2D eigenvalue weighted by Gasteiger charge is -2.19. The van der Waals surface area contributed by atoms with Crippen LogP contribution in [0.4, 0.5) is 5.69 Å². The van der Waals surface area contributed by atoms with Crippen molar-refractivity contribution in [1.29, 1.82) is 0 Å². The first-order valence-electron chi connectivity index (χ1n) is 5.93. The Morgan fingerprint density at radius 2 is 2.05 bits per heavy atom. The van der Waals surface area contributed by atoms with E-state index in [4.69, 9.17) is 4.74 Å². The van der Waals surface area contributed by atoms with Gasteiger partial charge in [0.05, 0.1) is 7.11 Å². The average Bonchev–Trinajstić information content (AvgIpc) is 2.78. The van der Waals surface area contributed by atoms with E-state index in [0.29, 0.717) is 9.90 Å². The van der Waals surface area contributed by atoms with E-state index in [1.54, 1.807) is 24.4 Å². The smallest absolute Gasteiger partial charge is 0.273 e. The molecule has 20 heavy (non-hydrogen) atoms. The minimum Gasteiger partial charge on any atom is -0.479 e. The molecule has 2 aromatic heterocycles. The van der Waals surface area contributed by atoms with Crippen LogP contribution in [-0.4, -0.2) is 27.6 Å². The number of nitrogens with zero attached hydrogens (tertiary/aromatic N) is 2. The van der Waals surface area contributed by atoms with Crippen LogP contribution in [0.25, 0.3) is 0 Å². The van der Waals surface area contributed by atoms with Crippen molar-refractivity contribution >= 4 is 27.0 Å². The van der Waals surface area contributed by atoms with Crippen LogP contribution >= 0.6 is 11.3 Å². The lowest BCUT2D eigenvalue weighted by atomic mass is 10.3. The van der Waals surface area contributed by atoms with Crippen LogP contribution in [0.5, 0.6) is 5.88 Å². The SMILES string of the molecule is COc1ncccc1N(C)S(=O)(=O)c1cc(C)c(C)s1. The van der Waals surface area contributed by atoms with Gasteiger partial charge in [-0.25, -0.2) is 13.4 Å². The number of sulfonamides is 1. The van der Waals surface area contributed by atoms with Gasteiger partial charge in [0.2, 0.25) is 5.88 Å². The average molecular weight is 312 g/mol. The first-order chi connectivity index (χ1) is 9.37. The summed E-state index contributed by atoms with van der Waals surface area (Å²) in [7, 11) is -0.631. The number of ether oxygens (including phenoxy) is 1. The molecule has 0 radical (unpaired) electrons. The topological polar surface area (TPSA) is 59.5 Å². The molecule has 0 unspecified atom stereocenters. The van der Waals surface area contributed by atoms with E-state index in [1.165, 1.54) is 29.8 Å². The highest BCUT2D eigenvalue weighted by Gasteiger charge is 2.26. The maximum absolute atomic E-state index is 12.6. The maximum atomic E-state index is 12.6. The first-order valence-corrected chi connectivity index (χ1v) is 8.18. The number of hydrogen-bond acceptors (Lipinski definition) is 5. The Balaban J connectivity index is 2.48. The van der Waals surface area contributed by atoms with Crippen LogP contribution in [0, 0.1) is 13.8 Å². The van der Waals surface area contributed by atoms with Crippen LogP contribution < -0.4 is 9.04 Å². The molecule has 0 N–H and O–H groups in total. The molecule has 7 heteroatoms. The summed E-state index contributed by atoms with van der Waals surface area (Å²) in [5.74, 6) is 0.281.